The van der Waals surface area contributed by atoms with Crippen LogP contribution in [0, 0.1) is 20.8 Å². The summed E-state index contributed by atoms with van der Waals surface area (Å²) >= 11 is 0. The standard InChI is InChI=1S/C20H23N5O3S/c1-14-4-6-17(7-5-14)18-8-9-19(22-21-18)25-16(3)20(15(2)23-25)29(26,27)24-10-12-28-13-11-24/h4-9H,10-13H2,1-3H3. The molecule has 0 spiro atoms. The Bertz CT molecular complexity index is 1120. The minimum absolute atomic E-state index is 0.226. The SMILES string of the molecule is Cc1ccc(-c2ccc(-n3nc(C)c(S(=O)(=O)N4CCOCC4)c3C)nn2)cc1. The summed E-state index contributed by atoms with van der Waals surface area (Å²) in [4.78, 5) is 0.226. The van der Waals surface area contributed by atoms with E-state index in [1.807, 2.05) is 37.3 Å². The molecule has 3 heterocycles. The zero-order valence-corrected chi connectivity index (χ0v) is 17.5. The van der Waals surface area contributed by atoms with Crippen LogP contribution in [-0.2, 0) is 14.8 Å². The highest BCUT2D eigenvalue weighted by atomic mass is 32.2. The van der Waals surface area contributed by atoms with Gasteiger partial charge in [-0.25, -0.2) is 13.1 Å². The molecule has 0 amide bonds. The highest BCUT2D eigenvalue weighted by molar-refractivity contribution is 7.89. The van der Waals surface area contributed by atoms with E-state index in [0.717, 1.165) is 11.3 Å². The Hall–Kier alpha value is -2.62. The first-order chi connectivity index (χ1) is 13.9. The molecule has 152 valence electrons. The molecule has 0 radical (unpaired) electrons. The third kappa shape index (κ3) is 3.68. The van der Waals surface area contributed by atoms with Crippen LogP contribution in [0.15, 0.2) is 41.3 Å². The summed E-state index contributed by atoms with van der Waals surface area (Å²) in [5.74, 6) is 0.477. The number of hydrogen-bond donors (Lipinski definition) is 0. The molecule has 0 bridgehead atoms. The van der Waals surface area contributed by atoms with Crippen molar-refractivity contribution in [3.63, 3.8) is 0 Å². The van der Waals surface area contributed by atoms with Gasteiger partial charge in [0.05, 0.1) is 30.3 Å². The number of aromatic nitrogens is 4. The number of sulfonamides is 1. The maximum atomic E-state index is 13.1. The first kappa shape index (κ1) is 19.7. The second kappa shape index (κ2) is 7.66. The Kier molecular flexibility index (Phi) is 5.20. The maximum Gasteiger partial charge on any atom is 0.246 e. The van der Waals surface area contributed by atoms with Crippen LogP contribution in [-0.4, -0.2) is 59.0 Å². The predicted octanol–water partition coefficient (Wildman–Crippen LogP) is 2.28. The number of hydrogen-bond acceptors (Lipinski definition) is 6. The molecular weight excluding hydrogens is 390 g/mol. The third-order valence-corrected chi connectivity index (χ3v) is 7.16. The van der Waals surface area contributed by atoms with Crippen LogP contribution in [0.5, 0.6) is 0 Å². The van der Waals surface area contributed by atoms with Gasteiger partial charge in [0.15, 0.2) is 5.82 Å². The van der Waals surface area contributed by atoms with E-state index in [9.17, 15) is 8.42 Å². The molecule has 3 aromatic rings. The number of benzene rings is 1. The van der Waals surface area contributed by atoms with Crippen LogP contribution in [0.25, 0.3) is 17.1 Å². The fraction of sp³-hybridized carbons (Fsp3) is 0.350. The average Bonchev–Trinajstić information content (AvgIpc) is 3.04. The maximum absolute atomic E-state index is 13.1. The Morgan fingerprint density at radius 1 is 0.931 bits per heavy atom. The Balaban J connectivity index is 1.68. The van der Waals surface area contributed by atoms with Crippen molar-refractivity contribution in [1.82, 2.24) is 24.3 Å². The third-order valence-electron chi connectivity index (χ3n) is 5.01. The van der Waals surface area contributed by atoms with E-state index in [-0.39, 0.29) is 4.90 Å². The fourth-order valence-corrected chi connectivity index (χ4v) is 5.22. The van der Waals surface area contributed by atoms with Gasteiger partial charge in [-0.2, -0.15) is 9.40 Å². The zero-order chi connectivity index (χ0) is 20.6. The quantitative estimate of drug-likeness (QED) is 0.652. The minimum Gasteiger partial charge on any atom is -0.379 e. The van der Waals surface area contributed by atoms with Crippen molar-refractivity contribution in [3.05, 3.63) is 53.3 Å². The van der Waals surface area contributed by atoms with Gasteiger partial charge in [-0.3, -0.25) is 0 Å². The van der Waals surface area contributed by atoms with Crippen LogP contribution < -0.4 is 0 Å². The minimum atomic E-state index is -3.64. The molecule has 0 atom stereocenters. The van der Waals surface area contributed by atoms with Gasteiger partial charge >= 0.3 is 0 Å². The molecule has 29 heavy (non-hydrogen) atoms. The molecule has 0 saturated carbocycles. The molecular formula is C20H23N5O3S. The highest BCUT2D eigenvalue weighted by Gasteiger charge is 2.32. The van der Waals surface area contributed by atoms with Crippen molar-refractivity contribution in [3.8, 4) is 17.1 Å². The van der Waals surface area contributed by atoms with E-state index in [1.165, 1.54) is 14.6 Å². The predicted molar refractivity (Wildman–Crippen MR) is 108 cm³/mol. The van der Waals surface area contributed by atoms with Crippen LogP contribution in [0.3, 0.4) is 0 Å². The second-order valence-corrected chi connectivity index (χ2v) is 8.95. The van der Waals surface area contributed by atoms with Crippen LogP contribution in [0.1, 0.15) is 17.0 Å². The molecule has 2 aromatic heterocycles. The summed E-state index contributed by atoms with van der Waals surface area (Å²) in [7, 11) is -3.64. The molecule has 0 N–H and O–H groups in total. The van der Waals surface area contributed by atoms with E-state index >= 15 is 0 Å². The van der Waals surface area contributed by atoms with Crippen molar-refractivity contribution in [2.24, 2.45) is 0 Å². The van der Waals surface area contributed by atoms with Gasteiger partial charge in [-0.15, -0.1) is 10.2 Å². The number of nitrogens with zero attached hydrogens (tertiary/aromatic N) is 5. The van der Waals surface area contributed by atoms with Gasteiger partial charge in [-0.1, -0.05) is 29.8 Å². The number of morpholine rings is 1. The number of ether oxygens (including phenoxy) is 1. The van der Waals surface area contributed by atoms with Gasteiger partial charge in [0.2, 0.25) is 10.0 Å². The fourth-order valence-electron chi connectivity index (χ4n) is 3.46. The molecule has 0 aliphatic carbocycles. The normalized spacial score (nSPS) is 15.6. The Morgan fingerprint density at radius 3 is 2.24 bits per heavy atom. The second-order valence-electron chi connectivity index (χ2n) is 7.07. The summed E-state index contributed by atoms with van der Waals surface area (Å²) in [5.41, 5.74) is 3.86. The first-order valence-electron chi connectivity index (χ1n) is 9.43. The molecule has 1 aromatic carbocycles. The first-order valence-corrected chi connectivity index (χ1v) is 10.9. The van der Waals surface area contributed by atoms with Gasteiger partial charge in [0.1, 0.15) is 4.90 Å². The van der Waals surface area contributed by atoms with Crippen molar-refractivity contribution >= 4 is 10.0 Å². The van der Waals surface area contributed by atoms with Gasteiger partial charge in [-0.05, 0) is 32.9 Å². The molecule has 1 aliphatic heterocycles. The molecule has 9 heteroatoms. The lowest BCUT2D eigenvalue weighted by molar-refractivity contribution is 0.0730. The van der Waals surface area contributed by atoms with Crippen molar-refractivity contribution in [2.45, 2.75) is 25.7 Å². The average molecular weight is 414 g/mol. The molecule has 1 saturated heterocycles. The monoisotopic (exact) mass is 413 g/mol. The molecule has 4 rings (SSSR count). The lowest BCUT2D eigenvalue weighted by Crippen LogP contribution is -2.41. The molecule has 1 fully saturated rings. The number of rotatable bonds is 4. The van der Waals surface area contributed by atoms with Crippen LogP contribution >= 0.6 is 0 Å². The van der Waals surface area contributed by atoms with Crippen LogP contribution in [0.4, 0.5) is 0 Å². The topological polar surface area (TPSA) is 90.2 Å². The Labute approximate surface area is 170 Å². The summed E-state index contributed by atoms with van der Waals surface area (Å²) in [5, 5.41) is 13.0. The van der Waals surface area contributed by atoms with Gasteiger partial charge < -0.3 is 4.74 Å². The summed E-state index contributed by atoms with van der Waals surface area (Å²) in [6, 6.07) is 11.7. The van der Waals surface area contributed by atoms with E-state index in [1.54, 1.807) is 19.9 Å². The summed E-state index contributed by atoms with van der Waals surface area (Å²) in [6.07, 6.45) is 0. The zero-order valence-electron chi connectivity index (χ0n) is 16.7. The lowest BCUT2D eigenvalue weighted by Gasteiger charge is -2.26. The van der Waals surface area contributed by atoms with Crippen molar-refractivity contribution in [2.75, 3.05) is 26.3 Å². The molecule has 8 nitrogen and oxygen atoms in total. The summed E-state index contributed by atoms with van der Waals surface area (Å²) < 4.78 is 34.5. The molecule has 0 unspecified atom stereocenters. The van der Waals surface area contributed by atoms with E-state index in [4.69, 9.17) is 4.74 Å². The number of aryl methyl sites for hydroxylation is 2. The van der Waals surface area contributed by atoms with Crippen LogP contribution in [0.2, 0.25) is 0 Å². The van der Waals surface area contributed by atoms with Crippen molar-refractivity contribution < 1.29 is 13.2 Å². The van der Waals surface area contributed by atoms with Gasteiger partial charge in [0.25, 0.3) is 0 Å². The Morgan fingerprint density at radius 2 is 1.62 bits per heavy atom. The molecule has 1 aliphatic rings. The van der Waals surface area contributed by atoms with E-state index in [2.05, 4.69) is 15.3 Å². The largest absolute Gasteiger partial charge is 0.379 e. The van der Waals surface area contributed by atoms with Crippen molar-refractivity contribution in [1.29, 1.82) is 0 Å². The smallest absolute Gasteiger partial charge is 0.246 e. The van der Waals surface area contributed by atoms with E-state index in [0.29, 0.717) is 43.5 Å². The van der Waals surface area contributed by atoms with E-state index < -0.39 is 10.0 Å². The highest BCUT2D eigenvalue weighted by Crippen LogP contribution is 2.26. The summed E-state index contributed by atoms with van der Waals surface area (Å²) in [6.45, 7) is 6.96. The lowest BCUT2D eigenvalue weighted by atomic mass is 10.1. The van der Waals surface area contributed by atoms with Gasteiger partial charge in [0, 0.05) is 18.7 Å².